The van der Waals surface area contributed by atoms with Gasteiger partial charge in [-0.1, -0.05) is 58.8 Å². The summed E-state index contributed by atoms with van der Waals surface area (Å²) < 4.78 is 0. The fourth-order valence-electron chi connectivity index (χ4n) is 1.93. The number of nitrogens with one attached hydrogen (secondary N) is 1. The Labute approximate surface area is 115 Å². The molecule has 0 amide bonds. The lowest BCUT2D eigenvalue weighted by atomic mass is 9.97. The average molecular weight is 251 g/mol. The van der Waals surface area contributed by atoms with E-state index in [1.165, 1.54) is 49.8 Å². The van der Waals surface area contributed by atoms with Crippen molar-refractivity contribution in [1.29, 1.82) is 0 Å². The highest BCUT2D eigenvalue weighted by molar-refractivity contribution is 4.96. The van der Waals surface area contributed by atoms with E-state index >= 15 is 0 Å². The quantitative estimate of drug-likeness (QED) is 0.388. The Hall–Kier alpha value is -0.720. The van der Waals surface area contributed by atoms with Crippen LogP contribution in [0, 0.1) is 11.8 Å². The molecule has 0 fully saturated rings. The second-order valence-corrected chi connectivity index (χ2v) is 5.74. The predicted octanol–water partition coefficient (Wildman–Crippen LogP) is 5.30. The zero-order valence-electron chi connectivity index (χ0n) is 13.0. The van der Waals surface area contributed by atoms with Crippen LogP contribution in [0.5, 0.6) is 0 Å². The second kappa shape index (κ2) is 10.2. The average Bonchev–Trinajstić information content (AvgIpc) is 2.34. The minimum atomic E-state index is 0.610. The summed E-state index contributed by atoms with van der Waals surface area (Å²) in [7, 11) is 0. The Bertz CT molecular complexity index is 242. The Kier molecular flexibility index (Phi) is 9.82. The molecule has 1 N–H and O–H groups in total. The molecular weight excluding hydrogens is 218 g/mol. The summed E-state index contributed by atoms with van der Waals surface area (Å²) in [5.41, 5.74) is 2.52. The third-order valence-corrected chi connectivity index (χ3v) is 3.84. The third kappa shape index (κ3) is 8.38. The van der Waals surface area contributed by atoms with Crippen LogP contribution in [-0.2, 0) is 0 Å². The summed E-state index contributed by atoms with van der Waals surface area (Å²) in [6, 6.07) is 0. The molecule has 0 bridgehead atoms. The van der Waals surface area contributed by atoms with Gasteiger partial charge in [-0.05, 0) is 38.0 Å². The molecule has 2 atom stereocenters. The normalized spacial score (nSPS) is 14.0. The molecule has 0 aromatic rings. The van der Waals surface area contributed by atoms with Crippen LogP contribution in [0.1, 0.15) is 66.2 Å². The first-order valence-electron chi connectivity index (χ1n) is 7.57. The summed E-state index contributed by atoms with van der Waals surface area (Å²) in [6.45, 7) is 18.1. The van der Waals surface area contributed by atoms with Crippen molar-refractivity contribution in [2.24, 2.45) is 11.8 Å². The summed E-state index contributed by atoms with van der Waals surface area (Å²) in [6.07, 6.45) is 7.60. The fraction of sp³-hybridized carbons (Fsp3) is 0.765. The first-order valence-corrected chi connectivity index (χ1v) is 7.57. The Morgan fingerprint density at radius 1 is 1.00 bits per heavy atom. The molecule has 1 heteroatoms. The molecule has 0 heterocycles. The van der Waals surface area contributed by atoms with Crippen LogP contribution in [0.4, 0.5) is 0 Å². The molecule has 1 nitrogen and oxygen atoms in total. The number of hydrogen-bond donors (Lipinski definition) is 1. The van der Waals surface area contributed by atoms with Crippen molar-refractivity contribution in [3.63, 3.8) is 0 Å². The van der Waals surface area contributed by atoms with Gasteiger partial charge in [-0.3, -0.25) is 0 Å². The maximum atomic E-state index is 4.14. The zero-order chi connectivity index (χ0) is 14.0. The second-order valence-electron chi connectivity index (χ2n) is 5.74. The van der Waals surface area contributed by atoms with Gasteiger partial charge in [0.1, 0.15) is 0 Å². The summed E-state index contributed by atoms with van der Waals surface area (Å²) in [5, 5.41) is 3.48. The molecule has 0 aliphatic heterocycles. The van der Waals surface area contributed by atoms with Gasteiger partial charge in [0.2, 0.25) is 0 Å². The molecule has 2 unspecified atom stereocenters. The van der Waals surface area contributed by atoms with E-state index in [0.29, 0.717) is 11.8 Å². The highest BCUT2D eigenvalue weighted by atomic mass is 14.9. The Morgan fingerprint density at radius 3 is 2.17 bits per heavy atom. The van der Waals surface area contributed by atoms with Gasteiger partial charge in [0, 0.05) is 12.2 Å². The first kappa shape index (κ1) is 17.3. The van der Waals surface area contributed by atoms with E-state index in [9.17, 15) is 0 Å². The van der Waals surface area contributed by atoms with Crippen LogP contribution in [0.3, 0.4) is 0 Å². The standard InChI is InChI=1S/C17H33N/c1-7-8-11-16(5)17(6)18-13-10-9-12-15(4)14(2)3/h15-16,18H,2,6-13H2,1,3-5H3. The topological polar surface area (TPSA) is 12.0 Å². The number of unbranched alkanes of at least 4 members (excludes halogenated alkanes) is 2. The third-order valence-electron chi connectivity index (χ3n) is 3.84. The highest BCUT2D eigenvalue weighted by Crippen LogP contribution is 2.16. The van der Waals surface area contributed by atoms with Gasteiger partial charge in [0.25, 0.3) is 0 Å². The van der Waals surface area contributed by atoms with Gasteiger partial charge in [-0.15, -0.1) is 0 Å². The molecule has 0 spiro atoms. The van der Waals surface area contributed by atoms with Gasteiger partial charge in [0.15, 0.2) is 0 Å². The minimum absolute atomic E-state index is 0.610. The van der Waals surface area contributed by atoms with Crippen molar-refractivity contribution in [3.05, 3.63) is 24.4 Å². The lowest BCUT2D eigenvalue weighted by molar-refractivity contribution is 0.512. The summed E-state index contributed by atoms with van der Waals surface area (Å²) in [4.78, 5) is 0. The van der Waals surface area contributed by atoms with E-state index in [2.05, 4.69) is 46.2 Å². The van der Waals surface area contributed by atoms with E-state index in [1.807, 2.05) is 0 Å². The van der Waals surface area contributed by atoms with Crippen LogP contribution in [0.15, 0.2) is 24.4 Å². The van der Waals surface area contributed by atoms with Crippen LogP contribution < -0.4 is 5.32 Å². The summed E-state index contributed by atoms with van der Waals surface area (Å²) in [5.74, 6) is 1.27. The molecule has 0 rings (SSSR count). The lowest BCUT2D eigenvalue weighted by Gasteiger charge is -2.17. The SMILES string of the molecule is C=C(C)C(C)CCCCNC(=C)C(C)CCCC. The van der Waals surface area contributed by atoms with Crippen LogP contribution in [0.25, 0.3) is 0 Å². The number of allylic oxidation sites excluding steroid dienone is 2. The number of rotatable bonds is 11. The van der Waals surface area contributed by atoms with Crippen molar-refractivity contribution in [3.8, 4) is 0 Å². The van der Waals surface area contributed by atoms with Crippen molar-refractivity contribution in [2.75, 3.05) is 6.54 Å². The predicted molar refractivity (Wildman–Crippen MR) is 83.7 cm³/mol. The van der Waals surface area contributed by atoms with Crippen LogP contribution >= 0.6 is 0 Å². The molecule has 18 heavy (non-hydrogen) atoms. The van der Waals surface area contributed by atoms with Gasteiger partial charge in [0.05, 0.1) is 0 Å². The van der Waals surface area contributed by atoms with Crippen molar-refractivity contribution < 1.29 is 0 Å². The first-order chi connectivity index (χ1) is 8.49. The van der Waals surface area contributed by atoms with Crippen molar-refractivity contribution in [2.45, 2.75) is 66.2 Å². The molecular formula is C17H33N. The molecule has 0 aromatic heterocycles. The van der Waals surface area contributed by atoms with E-state index in [-0.39, 0.29) is 0 Å². The summed E-state index contributed by atoms with van der Waals surface area (Å²) >= 11 is 0. The highest BCUT2D eigenvalue weighted by Gasteiger charge is 2.05. The fourth-order valence-corrected chi connectivity index (χ4v) is 1.93. The maximum Gasteiger partial charge on any atom is 0.0143 e. The van der Waals surface area contributed by atoms with Crippen LogP contribution in [0.2, 0.25) is 0 Å². The van der Waals surface area contributed by atoms with E-state index < -0.39 is 0 Å². The van der Waals surface area contributed by atoms with E-state index in [4.69, 9.17) is 0 Å². The Morgan fingerprint density at radius 2 is 1.61 bits per heavy atom. The smallest absolute Gasteiger partial charge is 0.0143 e. The Balaban J connectivity index is 3.54. The van der Waals surface area contributed by atoms with E-state index in [1.54, 1.807) is 0 Å². The molecule has 0 aliphatic rings. The molecule has 106 valence electrons. The maximum absolute atomic E-state index is 4.14. The molecule has 0 aromatic carbocycles. The van der Waals surface area contributed by atoms with Gasteiger partial charge in [-0.25, -0.2) is 0 Å². The van der Waals surface area contributed by atoms with Crippen molar-refractivity contribution >= 4 is 0 Å². The molecule has 0 saturated carbocycles. The van der Waals surface area contributed by atoms with Crippen LogP contribution in [-0.4, -0.2) is 6.54 Å². The monoisotopic (exact) mass is 251 g/mol. The van der Waals surface area contributed by atoms with Gasteiger partial charge >= 0.3 is 0 Å². The minimum Gasteiger partial charge on any atom is -0.389 e. The zero-order valence-corrected chi connectivity index (χ0v) is 13.0. The lowest BCUT2D eigenvalue weighted by Crippen LogP contribution is -2.19. The van der Waals surface area contributed by atoms with Crippen molar-refractivity contribution in [1.82, 2.24) is 5.32 Å². The van der Waals surface area contributed by atoms with E-state index in [0.717, 1.165) is 6.54 Å². The molecule has 0 aliphatic carbocycles. The largest absolute Gasteiger partial charge is 0.389 e. The van der Waals surface area contributed by atoms with Gasteiger partial charge < -0.3 is 5.32 Å². The molecule has 0 radical (unpaired) electrons. The number of hydrogen-bond acceptors (Lipinski definition) is 1. The molecule has 0 saturated heterocycles. The van der Waals surface area contributed by atoms with Gasteiger partial charge in [-0.2, -0.15) is 0 Å².